The summed E-state index contributed by atoms with van der Waals surface area (Å²) >= 11 is 1.85. The molecular weight excluding hydrogens is 735 g/mol. The van der Waals surface area contributed by atoms with E-state index >= 15 is 0 Å². The summed E-state index contributed by atoms with van der Waals surface area (Å²) in [6.07, 6.45) is 0. The molecule has 0 aliphatic carbocycles. The Balaban J connectivity index is 1.10. The monoisotopic (exact) mass is 769 g/mol. The van der Waals surface area contributed by atoms with Gasteiger partial charge < -0.3 is 9.32 Å². The van der Waals surface area contributed by atoms with Gasteiger partial charge in [-0.1, -0.05) is 158 Å². The third kappa shape index (κ3) is 5.55. The maximum absolute atomic E-state index is 6.79. The molecule has 2 nitrogen and oxygen atoms in total. The first-order chi connectivity index (χ1) is 29.2. The molecule has 0 radical (unpaired) electrons. The molecule has 0 atom stereocenters. The van der Waals surface area contributed by atoms with Crippen molar-refractivity contribution in [2.45, 2.75) is 0 Å². The molecule has 0 aliphatic heterocycles. The average Bonchev–Trinajstić information content (AvgIpc) is 3.88. The minimum atomic E-state index is 0.855. The van der Waals surface area contributed by atoms with Gasteiger partial charge in [0, 0.05) is 42.2 Å². The fraction of sp³-hybridized carbons (Fsp3) is 0. The predicted octanol–water partition coefficient (Wildman–Crippen LogP) is 16.7. The molecule has 2 aromatic heterocycles. The Morgan fingerprint density at radius 2 is 1.00 bits per heavy atom. The van der Waals surface area contributed by atoms with Crippen LogP contribution in [0.3, 0.4) is 0 Å². The molecule has 0 fully saturated rings. The van der Waals surface area contributed by atoms with E-state index < -0.39 is 0 Å². The van der Waals surface area contributed by atoms with Crippen molar-refractivity contribution in [1.29, 1.82) is 0 Å². The van der Waals surface area contributed by atoms with Crippen molar-refractivity contribution in [3.05, 3.63) is 212 Å². The zero-order valence-electron chi connectivity index (χ0n) is 32.0. The number of anilines is 3. The molecule has 0 aliphatic rings. The van der Waals surface area contributed by atoms with Gasteiger partial charge in [0.15, 0.2) is 5.58 Å². The second-order valence-electron chi connectivity index (χ2n) is 15.2. The number of nitrogens with zero attached hydrogens (tertiary/aromatic N) is 1. The maximum Gasteiger partial charge on any atom is 0.159 e. The van der Waals surface area contributed by atoms with Crippen molar-refractivity contribution in [2.24, 2.45) is 0 Å². The number of fused-ring (bicyclic) bond motifs is 9. The first-order valence-corrected chi connectivity index (χ1v) is 20.9. The number of hydrogen-bond donors (Lipinski definition) is 0. The van der Waals surface area contributed by atoms with Gasteiger partial charge in [-0.15, -0.1) is 11.3 Å². The Morgan fingerprint density at radius 3 is 1.86 bits per heavy atom. The van der Waals surface area contributed by atoms with Gasteiger partial charge in [0.2, 0.25) is 0 Å². The predicted molar refractivity (Wildman–Crippen MR) is 253 cm³/mol. The summed E-state index contributed by atoms with van der Waals surface area (Å²) in [6.45, 7) is 0. The second kappa shape index (κ2) is 13.6. The van der Waals surface area contributed by atoms with Crippen LogP contribution in [0.1, 0.15) is 0 Å². The molecule has 0 saturated heterocycles. The fourth-order valence-corrected chi connectivity index (χ4v) is 10.2. The highest BCUT2D eigenvalue weighted by Gasteiger charge is 2.23. The van der Waals surface area contributed by atoms with Gasteiger partial charge in [-0.2, -0.15) is 0 Å². The van der Waals surface area contributed by atoms with Crippen molar-refractivity contribution in [3.8, 4) is 33.4 Å². The molecule has 10 aromatic carbocycles. The lowest BCUT2D eigenvalue weighted by Crippen LogP contribution is -2.12. The molecule has 59 heavy (non-hydrogen) atoms. The highest BCUT2D eigenvalue weighted by molar-refractivity contribution is 7.25. The largest absolute Gasteiger partial charge is 0.454 e. The van der Waals surface area contributed by atoms with E-state index in [2.05, 4.69) is 211 Å². The molecule has 0 spiro atoms. The van der Waals surface area contributed by atoms with Crippen LogP contribution in [0.4, 0.5) is 17.1 Å². The topological polar surface area (TPSA) is 16.4 Å². The molecule has 3 heteroatoms. The van der Waals surface area contributed by atoms with E-state index in [0.717, 1.165) is 55.7 Å². The van der Waals surface area contributed by atoms with Crippen molar-refractivity contribution >= 4 is 92.1 Å². The van der Waals surface area contributed by atoms with Gasteiger partial charge in [-0.3, -0.25) is 0 Å². The third-order valence-electron chi connectivity index (χ3n) is 11.9. The number of thiophene rings is 1. The van der Waals surface area contributed by atoms with Gasteiger partial charge in [0.1, 0.15) is 5.58 Å². The minimum Gasteiger partial charge on any atom is -0.454 e. The molecule has 12 rings (SSSR count). The van der Waals surface area contributed by atoms with Crippen molar-refractivity contribution < 1.29 is 4.42 Å². The molecule has 2 heterocycles. The number of hydrogen-bond acceptors (Lipinski definition) is 3. The van der Waals surface area contributed by atoms with Crippen molar-refractivity contribution in [3.63, 3.8) is 0 Å². The van der Waals surface area contributed by atoms with E-state index in [9.17, 15) is 0 Å². The van der Waals surface area contributed by atoms with Crippen LogP contribution in [0.2, 0.25) is 0 Å². The van der Waals surface area contributed by atoms with Crippen LogP contribution in [-0.4, -0.2) is 0 Å². The van der Waals surface area contributed by atoms with Gasteiger partial charge in [0.25, 0.3) is 0 Å². The smallest absolute Gasteiger partial charge is 0.159 e. The Kier molecular flexibility index (Phi) is 7.75. The summed E-state index contributed by atoms with van der Waals surface area (Å²) in [6, 6.07) is 77.0. The maximum atomic E-state index is 6.79. The summed E-state index contributed by atoms with van der Waals surface area (Å²) in [5.74, 6) is 0. The number of benzene rings is 10. The highest BCUT2D eigenvalue weighted by Crippen LogP contribution is 2.48. The number of furan rings is 1. The van der Waals surface area contributed by atoms with Crippen LogP contribution in [0.5, 0.6) is 0 Å². The fourth-order valence-electron chi connectivity index (χ4n) is 9.06. The first kappa shape index (κ1) is 33.7. The summed E-state index contributed by atoms with van der Waals surface area (Å²) in [7, 11) is 0. The van der Waals surface area contributed by atoms with Gasteiger partial charge in [-0.05, 0) is 104 Å². The Hall–Kier alpha value is -7.46. The van der Waals surface area contributed by atoms with Gasteiger partial charge >= 0.3 is 0 Å². The van der Waals surface area contributed by atoms with Crippen LogP contribution in [0.15, 0.2) is 217 Å². The molecular formula is C56H35NOS. The highest BCUT2D eigenvalue weighted by atomic mass is 32.1. The lowest BCUT2D eigenvalue weighted by Gasteiger charge is -2.29. The second-order valence-corrected chi connectivity index (χ2v) is 16.3. The number of rotatable bonds is 6. The van der Waals surface area contributed by atoms with Crippen LogP contribution >= 0.6 is 11.3 Å². The minimum absolute atomic E-state index is 0.855. The average molecular weight is 770 g/mol. The van der Waals surface area contributed by atoms with E-state index in [-0.39, 0.29) is 0 Å². The molecule has 0 N–H and O–H groups in total. The Bertz CT molecular complexity index is 3560. The quantitative estimate of drug-likeness (QED) is 0.157. The lowest BCUT2D eigenvalue weighted by atomic mass is 9.91. The van der Waals surface area contributed by atoms with Crippen LogP contribution in [0.25, 0.3) is 97.0 Å². The summed E-state index contributed by atoms with van der Waals surface area (Å²) < 4.78 is 9.42. The molecule has 0 bridgehead atoms. The number of para-hydroxylation sites is 2. The lowest BCUT2D eigenvalue weighted by molar-refractivity contribution is 0.669. The SMILES string of the molecule is c1ccc(-c2ccc(-c3cc4ccccc4c4ccccc34)cc2N(c2ccc(-c3ccc4sc5ccccc5c4c3)cc2)c2cccc3c2oc2ccccc23)cc1. The molecule has 0 saturated carbocycles. The summed E-state index contributed by atoms with van der Waals surface area (Å²) in [4.78, 5) is 2.40. The van der Waals surface area contributed by atoms with E-state index in [1.165, 1.54) is 58.4 Å². The van der Waals surface area contributed by atoms with E-state index in [4.69, 9.17) is 4.42 Å². The molecule has 0 amide bonds. The standard InChI is InChI=1S/C56H35NOS/c1-2-13-37(14-3-1)43-31-27-40(49-34-39-15-4-5-16-42(39)44-17-6-7-18-45(44)49)35-52(43)57(51-22-12-21-48-46-19-8-10-23-53(46)58-56(48)51)41-29-25-36(26-30-41)38-28-32-55-50(33-38)47-20-9-11-24-54(47)59-55/h1-35H. The van der Waals surface area contributed by atoms with E-state index in [1.54, 1.807) is 0 Å². The Morgan fingerprint density at radius 1 is 0.339 bits per heavy atom. The van der Waals surface area contributed by atoms with Crippen molar-refractivity contribution in [2.75, 3.05) is 4.90 Å². The normalized spacial score (nSPS) is 11.7. The zero-order valence-corrected chi connectivity index (χ0v) is 32.8. The van der Waals surface area contributed by atoms with Crippen molar-refractivity contribution in [1.82, 2.24) is 0 Å². The first-order valence-electron chi connectivity index (χ1n) is 20.1. The van der Waals surface area contributed by atoms with Crippen LogP contribution in [0, 0.1) is 0 Å². The van der Waals surface area contributed by atoms with E-state index in [1.807, 2.05) is 17.4 Å². The van der Waals surface area contributed by atoms with Gasteiger partial charge in [-0.25, -0.2) is 0 Å². The van der Waals surface area contributed by atoms with Crippen LogP contribution < -0.4 is 4.90 Å². The molecule has 12 aromatic rings. The van der Waals surface area contributed by atoms with Crippen LogP contribution in [-0.2, 0) is 0 Å². The molecule has 276 valence electrons. The summed E-state index contributed by atoms with van der Waals surface area (Å²) in [5.41, 5.74) is 11.8. The van der Waals surface area contributed by atoms with Gasteiger partial charge in [0.05, 0.1) is 11.4 Å². The van der Waals surface area contributed by atoms with E-state index in [0.29, 0.717) is 0 Å². The zero-order chi connectivity index (χ0) is 38.9. The molecule has 0 unspecified atom stereocenters. The summed E-state index contributed by atoms with van der Waals surface area (Å²) in [5, 5.41) is 9.78. The Labute approximate surface area is 345 Å². The third-order valence-corrected chi connectivity index (χ3v) is 13.0.